The Morgan fingerprint density at radius 2 is 1.53 bits per heavy atom. The van der Waals surface area contributed by atoms with Crippen LogP contribution in [0.15, 0.2) is 53.4 Å². The van der Waals surface area contributed by atoms with Crippen LogP contribution < -0.4 is 15.4 Å². The SMILES string of the molecule is COCC(=O)Nc1ccc(NS(=O)(=O)c2ccc(C(=O)NCC(F)(F)F)cc2)cc1. The first-order chi connectivity index (χ1) is 14.0. The van der Waals surface area contributed by atoms with Gasteiger partial charge in [-0.3, -0.25) is 14.3 Å². The van der Waals surface area contributed by atoms with Crippen molar-refractivity contribution < 1.29 is 35.9 Å². The highest BCUT2D eigenvalue weighted by atomic mass is 32.2. The lowest BCUT2D eigenvalue weighted by Gasteiger charge is -2.11. The monoisotopic (exact) mass is 445 g/mol. The molecule has 162 valence electrons. The molecule has 2 aromatic rings. The Morgan fingerprint density at radius 3 is 2.07 bits per heavy atom. The fourth-order valence-corrected chi connectivity index (χ4v) is 3.29. The minimum atomic E-state index is -4.55. The molecule has 0 aliphatic carbocycles. The highest BCUT2D eigenvalue weighted by molar-refractivity contribution is 7.92. The Morgan fingerprint density at radius 1 is 0.967 bits per heavy atom. The van der Waals surface area contributed by atoms with Crippen molar-refractivity contribution in [3.8, 4) is 0 Å². The number of hydrogen-bond donors (Lipinski definition) is 3. The van der Waals surface area contributed by atoms with Gasteiger partial charge in [0.2, 0.25) is 5.91 Å². The van der Waals surface area contributed by atoms with Crippen LogP contribution in [-0.2, 0) is 19.6 Å². The molecule has 3 N–H and O–H groups in total. The quantitative estimate of drug-likeness (QED) is 0.577. The summed E-state index contributed by atoms with van der Waals surface area (Å²) in [5.41, 5.74) is 0.537. The second-order valence-corrected chi connectivity index (χ2v) is 7.67. The van der Waals surface area contributed by atoms with E-state index in [4.69, 9.17) is 0 Å². The second-order valence-electron chi connectivity index (χ2n) is 5.99. The normalized spacial score (nSPS) is 11.6. The molecule has 0 aliphatic rings. The van der Waals surface area contributed by atoms with Crippen LogP contribution in [-0.4, -0.2) is 46.7 Å². The van der Waals surface area contributed by atoms with Gasteiger partial charge in [0.1, 0.15) is 13.2 Å². The summed E-state index contributed by atoms with van der Waals surface area (Å²) in [7, 11) is -2.63. The van der Waals surface area contributed by atoms with Crippen LogP contribution in [0.2, 0.25) is 0 Å². The first kappa shape index (κ1) is 23.2. The first-order valence-corrected chi connectivity index (χ1v) is 9.85. The van der Waals surface area contributed by atoms with Crippen molar-refractivity contribution in [1.82, 2.24) is 5.32 Å². The van der Waals surface area contributed by atoms with Crippen molar-refractivity contribution in [2.24, 2.45) is 0 Å². The van der Waals surface area contributed by atoms with Gasteiger partial charge in [0.15, 0.2) is 0 Å². The molecule has 2 aromatic carbocycles. The zero-order chi connectivity index (χ0) is 22.4. The summed E-state index contributed by atoms with van der Waals surface area (Å²) < 4.78 is 68.3. The predicted octanol–water partition coefficient (Wildman–Crippen LogP) is 2.36. The molecule has 0 saturated heterocycles. The van der Waals surface area contributed by atoms with Crippen molar-refractivity contribution in [3.05, 3.63) is 54.1 Å². The third-order valence-electron chi connectivity index (χ3n) is 3.57. The molecule has 30 heavy (non-hydrogen) atoms. The van der Waals surface area contributed by atoms with Crippen molar-refractivity contribution in [2.45, 2.75) is 11.1 Å². The van der Waals surface area contributed by atoms with E-state index in [9.17, 15) is 31.2 Å². The molecule has 2 rings (SSSR count). The zero-order valence-electron chi connectivity index (χ0n) is 15.6. The van der Waals surface area contributed by atoms with Gasteiger partial charge in [-0.2, -0.15) is 13.2 Å². The molecule has 0 spiro atoms. The van der Waals surface area contributed by atoms with Gasteiger partial charge in [-0.05, 0) is 48.5 Å². The molecule has 0 bridgehead atoms. The van der Waals surface area contributed by atoms with E-state index in [1.54, 1.807) is 5.32 Å². The Balaban J connectivity index is 2.03. The first-order valence-electron chi connectivity index (χ1n) is 8.37. The third kappa shape index (κ3) is 7.04. The number of methoxy groups -OCH3 is 1. The number of benzene rings is 2. The molecule has 8 nitrogen and oxygen atoms in total. The van der Waals surface area contributed by atoms with Gasteiger partial charge in [-0.1, -0.05) is 0 Å². The van der Waals surface area contributed by atoms with E-state index < -0.39 is 28.7 Å². The number of nitrogens with one attached hydrogen (secondary N) is 3. The molecule has 0 aliphatic heterocycles. The fraction of sp³-hybridized carbons (Fsp3) is 0.222. The Kier molecular flexibility index (Phi) is 7.40. The second kappa shape index (κ2) is 9.59. The number of alkyl halides is 3. The van der Waals surface area contributed by atoms with Gasteiger partial charge in [0.25, 0.3) is 15.9 Å². The Hall–Kier alpha value is -3.12. The molecular formula is C18H18F3N3O5S. The number of sulfonamides is 1. The fourth-order valence-electron chi connectivity index (χ4n) is 2.23. The highest BCUT2D eigenvalue weighted by Crippen LogP contribution is 2.19. The summed E-state index contributed by atoms with van der Waals surface area (Å²) in [6.07, 6.45) is -4.55. The summed E-state index contributed by atoms with van der Waals surface area (Å²) in [5, 5.41) is 4.25. The third-order valence-corrected chi connectivity index (χ3v) is 4.97. The maximum absolute atomic E-state index is 12.4. The number of halogens is 3. The molecule has 2 amide bonds. The van der Waals surface area contributed by atoms with E-state index in [0.29, 0.717) is 5.69 Å². The molecule has 12 heteroatoms. The van der Waals surface area contributed by atoms with Gasteiger partial charge in [0.05, 0.1) is 4.90 Å². The lowest BCUT2D eigenvalue weighted by Crippen LogP contribution is -2.33. The van der Waals surface area contributed by atoms with Crippen molar-refractivity contribution in [3.63, 3.8) is 0 Å². The van der Waals surface area contributed by atoms with Gasteiger partial charge in [-0.15, -0.1) is 0 Å². The summed E-state index contributed by atoms with van der Waals surface area (Å²) in [6.45, 7) is -1.62. The summed E-state index contributed by atoms with van der Waals surface area (Å²) in [4.78, 5) is 22.9. The smallest absolute Gasteiger partial charge is 0.375 e. The molecule has 0 unspecified atom stereocenters. The number of anilines is 2. The van der Waals surface area contributed by atoms with Gasteiger partial charge in [0, 0.05) is 24.0 Å². The Bertz CT molecular complexity index is 991. The van der Waals surface area contributed by atoms with Crippen LogP contribution in [0.1, 0.15) is 10.4 Å². The van der Waals surface area contributed by atoms with Crippen molar-refractivity contribution in [2.75, 3.05) is 30.3 Å². The summed E-state index contributed by atoms with van der Waals surface area (Å²) in [5.74, 6) is -1.35. The number of hydrogen-bond acceptors (Lipinski definition) is 5. The lowest BCUT2D eigenvalue weighted by atomic mass is 10.2. The number of amides is 2. The predicted molar refractivity (Wildman–Crippen MR) is 103 cm³/mol. The maximum atomic E-state index is 12.4. The van der Waals surface area contributed by atoms with E-state index in [2.05, 4.69) is 14.8 Å². The molecule has 0 fully saturated rings. The maximum Gasteiger partial charge on any atom is 0.405 e. The zero-order valence-corrected chi connectivity index (χ0v) is 16.4. The molecule has 0 saturated carbocycles. The topological polar surface area (TPSA) is 114 Å². The minimum absolute atomic E-state index is 0.116. The minimum Gasteiger partial charge on any atom is -0.375 e. The van der Waals surface area contributed by atoms with E-state index >= 15 is 0 Å². The number of carbonyl (C=O) groups excluding carboxylic acids is 2. The number of ether oxygens (including phenoxy) is 1. The van der Waals surface area contributed by atoms with E-state index in [1.165, 1.54) is 31.4 Å². The number of carbonyl (C=O) groups is 2. The average molecular weight is 445 g/mol. The van der Waals surface area contributed by atoms with Crippen LogP contribution in [0.3, 0.4) is 0 Å². The van der Waals surface area contributed by atoms with Gasteiger partial charge < -0.3 is 15.4 Å². The Labute approximate surface area is 170 Å². The van der Waals surface area contributed by atoms with Gasteiger partial charge in [-0.25, -0.2) is 8.42 Å². The molecule has 0 radical (unpaired) electrons. The molecule has 0 atom stereocenters. The highest BCUT2D eigenvalue weighted by Gasteiger charge is 2.28. The van der Waals surface area contributed by atoms with E-state index in [1.807, 2.05) is 0 Å². The number of rotatable bonds is 8. The van der Waals surface area contributed by atoms with E-state index in [0.717, 1.165) is 24.3 Å². The standard InChI is InChI=1S/C18H18F3N3O5S/c1-29-10-16(25)23-13-4-6-14(7-5-13)24-30(27,28)15-8-2-12(3-9-15)17(26)22-11-18(19,20)21/h2-9,24H,10-11H2,1H3,(H,22,26)(H,23,25). The summed E-state index contributed by atoms with van der Waals surface area (Å²) in [6, 6.07) is 10.2. The average Bonchev–Trinajstić information content (AvgIpc) is 2.67. The van der Waals surface area contributed by atoms with Crippen LogP contribution in [0.4, 0.5) is 24.5 Å². The van der Waals surface area contributed by atoms with Crippen molar-refractivity contribution >= 4 is 33.2 Å². The van der Waals surface area contributed by atoms with Gasteiger partial charge >= 0.3 is 6.18 Å². The summed E-state index contributed by atoms with van der Waals surface area (Å²) >= 11 is 0. The van der Waals surface area contributed by atoms with Crippen LogP contribution in [0.25, 0.3) is 0 Å². The van der Waals surface area contributed by atoms with Crippen LogP contribution in [0, 0.1) is 0 Å². The molecule has 0 aromatic heterocycles. The van der Waals surface area contributed by atoms with Crippen LogP contribution >= 0.6 is 0 Å². The van der Waals surface area contributed by atoms with Crippen molar-refractivity contribution in [1.29, 1.82) is 0 Å². The largest absolute Gasteiger partial charge is 0.405 e. The molecule has 0 heterocycles. The molecular weight excluding hydrogens is 427 g/mol. The van der Waals surface area contributed by atoms with Crippen LogP contribution in [0.5, 0.6) is 0 Å². The lowest BCUT2D eigenvalue weighted by molar-refractivity contribution is -0.123. The van der Waals surface area contributed by atoms with E-state index in [-0.39, 0.29) is 28.7 Å².